The molecule has 0 aliphatic carbocycles. The molecule has 1 fully saturated rings. The third kappa shape index (κ3) is 2.80. The molecule has 0 aromatic heterocycles. The molecule has 1 saturated heterocycles. The third-order valence-corrected chi connectivity index (χ3v) is 3.66. The Morgan fingerprint density at radius 3 is 3.00 bits per heavy atom. The second-order valence-corrected chi connectivity index (χ2v) is 5.05. The quantitative estimate of drug-likeness (QED) is 0.639. The molecule has 1 aliphatic heterocycles. The number of benzene rings is 1. The minimum Gasteiger partial charge on any atom is -0.387 e. The molecule has 0 saturated carbocycles. The van der Waals surface area contributed by atoms with Gasteiger partial charge in [0.2, 0.25) is 0 Å². The highest BCUT2D eigenvalue weighted by Gasteiger charge is 2.22. The van der Waals surface area contributed by atoms with Crippen molar-refractivity contribution in [1.29, 1.82) is 5.41 Å². The second kappa shape index (κ2) is 5.36. The summed E-state index contributed by atoms with van der Waals surface area (Å²) < 4.78 is 0. The number of hydrogen-bond acceptors (Lipinski definition) is 5. The van der Waals surface area contributed by atoms with Crippen molar-refractivity contribution in [1.82, 2.24) is 4.90 Å². The van der Waals surface area contributed by atoms with Crippen LogP contribution >= 0.6 is 11.8 Å². The van der Waals surface area contributed by atoms with Gasteiger partial charge in [0.05, 0.1) is 11.0 Å². The van der Waals surface area contributed by atoms with Gasteiger partial charge in [-0.05, 0) is 5.56 Å². The predicted octanol–water partition coefficient (Wildman–Crippen LogP) is 1.61. The maximum Gasteiger partial charge on any atom is 0.269 e. The first-order valence-electron chi connectivity index (χ1n) is 5.46. The van der Waals surface area contributed by atoms with E-state index in [1.54, 1.807) is 17.0 Å². The number of aliphatic hydroxyl groups excluding tert-OH is 1. The lowest BCUT2D eigenvalue weighted by Gasteiger charge is -2.20. The van der Waals surface area contributed by atoms with E-state index in [-0.39, 0.29) is 5.69 Å². The van der Waals surface area contributed by atoms with E-state index < -0.39 is 11.0 Å². The van der Waals surface area contributed by atoms with Gasteiger partial charge >= 0.3 is 0 Å². The van der Waals surface area contributed by atoms with Crippen LogP contribution in [0.1, 0.15) is 11.7 Å². The number of thioether (sulfide) groups is 1. The van der Waals surface area contributed by atoms with Gasteiger partial charge in [-0.1, -0.05) is 23.9 Å². The summed E-state index contributed by atoms with van der Waals surface area (Å²) in [7, 11) is 0. The Balaban J connectivity index is 2.08. The van der Waals surface area contributed by atoms with Crippen LogP contribution < -0.4 is 0 Å². The van der Waals surface area contributed by atoms with Gasteiger partial charge < -0.3 is 10.0 Å². The lowest BCUT2D eigenvalue weighted by atomic mass is 10.1. The van der Waals surface area contributed by atoms with E-state index >= 15 is 0 Å². The zero-order valence-corrected chi connectivity index (χ0v) is 10.4. The molecule has 1 aromatic carbocycles. The van der Waals surface area contributed by atoms with Crippen LogP contribution in [0.4, 0.5) is 5.69 Å². The van der Waals surface area contributed by atoms with E-state index in [9.17, 15) is 15.2 Å². The zero-order chi connectivity index (χ0) is 13.1. The molecule has 0 amide bonds. The summed E-state index contributed by atoms with van der Waals surface area (Å²) in [5.74, 6) is 0.848. The number of rotatable bonds is 4. The molecule has 1 atom stereocenters. The second-order valence-electron chi connectivity index (χ2n) is 3.97. The molecular formula is C11H13N3O3S. The van der Waals surface area contributed by atoms with Crippen molar-refractivity contribution in [3.8, 4) is 0 Å². The average molecular weight is 267 g/mol. The highest BCUT2D eigenvalue weighted by molar-refractivity contribution is 8.14. The molecule has 1 heterocycles. The number of amidine groups is 1. The highest BCUT2D eigenvalue weighted by Crippen LogP contribution is 2.23. The van der Waals surface area contributed by atoms with Gasteiger partial charge in [0.25, 0.3) is 5.69 Å². The summed E-state index contributed by atoms with van der Waals surface area (Å²) in [6.07, 6.45) is -0.816. The smallest absolute Gasteiger partial charge is 0.269 e. The summed E-state index contributed by atoms with van der Waals surface area (Å²) in [6, 6.07) is 5.98. The normalized spacial score (nSPS) is 16.9. The van der Waals surface area contributed by atoms with Crippen molar-refractivity contribution in [3.05, 3.63) is 39.9 Å². The van der Waals surface area contributed by atoms with Gasteiger partial charge in [0, 0.05) is 31.0 Å². The van der Waals surface area contributed by atoms with E-state index in [0.717, 1.165) is 12.3 Å². The molecule has 18 heavy (non-hydrogen) atoms. The molecule has 0 spiro atoms. The van der Waals surface area contributed by atoms with Crippen LogP contribution in [-0.4, -0.2) is 38.9 Å². The third-order valence-electron chi connectivity index (χ3n) is 2.75. The summed E-state index contributed by atoms with van der Waals surface area (Å²) in [6.45, 7) is 1.03. The predicted molar refractivity (Wildman–Crippen MR) is 69.8 cm³/mol. The van der Waals surface area contributed by atoms with E-state index in [0.29, 0.717) is 17.3 Å². The minimum atomic E-state index is -0.816. The van der Waals surface area contributed by atoms with E-state index in [1.807, 2.05) is 0 Å². The molecule has 2 N–H and O–H groups in total. The van der Waals surface area contributed by atoms with Crippen LogP contribution in [0.25, 0.3) is 0 Å². The summed E-state index contributed by atoms with van der Waals surface area (Å²) in [5, 5.41) is 28.8. The molecule has 0 radical (unpaired) electrons. The molecule has 96 valence electrons. The van der Waals surface area contributed by atoms with E-state index in [4.69, 9.17) is 5.41 Å². The van der Waals surface area contributed by atoms with Crippen LogP contribution in [-0.2, 0) is 0 Å². The monoisotopic (exact) mass is 267 g/mol. The SMILES string of the molecule is N=C1SCCN1CC(O)c1cccc([N+](=O)[O-])c1. The number of non-ortho nitro benzene ring substituents is 1. The van der Waals surface area contributed by atoms with Crippen LogP contribution in [0, 0.1) is 15.5 Å². The molecule has 0 bridgehead atoms. The highest BCUT2D eigenvalue weighted by atomic mass is 32.2. The largest absolute Gasteiger partial charge is 0.387 e. The standard InChI is InChI=1S/C11H13N3O3S/c12-11-13(4-5-18-11)7-10(15)8-2-1-3-9(6-8)14(16)17/h1-3,6,10,12,15H,4-5,7H2. The fourth-order valence-corrected chi connectivity index (χ4v) is 2.63. The molecular weight excluding hydrogens is 254 g/mol. The van der Waals surface area contributed by atoms with Gasteiger partial charge in [0.15, 0.2) is 5.17 Å². The molecule has 7 heteroatoms. The van der Waals surface area contributed by atoms with Crippen molar-refractivity contribution in [3.63, 3.8) is 0 Å². The van der Waals surface area contributed by atoms with Crippen LogP contribution in [0.2, 0.25) is 0 Å². The van der Waals surface area contributed by atoms with Crippen molar-refractivity contribution in [2.24, 2.45) is 0 Å². The Hall–Kier alpha value is -1.60. The molecule has 6 nitrogen and oxygen atoms in total. The zero-order valence-electron chi connectivity index (χ0n) is 9.57. The van der Waals surface area contributed by atoms with Gasteiger partial charge in [-0.2, -0.15) is 0 Å². The maximum atomic E-state index is 10.6. The fourth-order valence-electron chi connectivity index (χ4n) is 1.78. The van der Waals surface area contributed by atoms with Crippen LogP contribution in [0.15, 0.2) is 24.3 Å². The number of nitro groups is 1. The van der Waals surface area contributed by atoms with Gasteiger partial charge in [0.1, 0.15) is 0 Å². The number of aliphatic hydroxyl groups is 1. The minimum absolute atomic E-state index is 0.0302. The molecule has 1 aromatic rings. The maximum absolute atomic E-state index is 10.6. The Morgan fingerprint density at radius 1 is 1.61 bits per heavy atom. The first kappa shape index (κ1) is 12.8. The number of nitrogens with zero attached hydrogens (tertiary/aromatic N) is 2. The Labute approximate surface area is 108 Å². The van der Waals surface area contributed by atoms with Gasteiger partial charge in [-0.25, -0.2) is 0 Å². The molecule has 1 aliphatic rings. The summed E-state index contributed by atoms with van der Waals surface area (Å²) in [4.78, 5) is 11.9. The van der Waals surface area contributed by atoms with Crippen LogP contribution in [0.5, 0.6) is 0 Å². The average Bonchev–Trinajstić information content (AvgIpc) is 2.75. The lowest BCUT2D eigenvalue weighted by Crippen LogP contribution is -2.28. The van der Waals surface area contributed by atoms with Crippen molar-refractivity contribution in [2.45, 2.75) is 6.10 Å². The Bertz CT molecular complexity index is 480. The van der Waals surface area contributed by atoms with Crippen molar-refractivity contribution in [2.75, 3.05) is 18.8 Å². The Morgan fingerprint density at radius 2 is 2.39 bits per heavy atom. The number of hydrogen-bond donors (Lipinski definition) is 2. The summed E-state index contributed by atoms with van der Waals surface area (Å²) >= 11 is 1.44. The number of nitrogens with one attached hydrogen (secondary N) is 1. The topological polar surface area (TPSA) is 90.5 Å². The van der Waals surface area contributed by atoms with Gasteiger partial charge in [-0.15, -0.1) is 0 Å². The van der Waals surface area contributed by atoms with Crippen LogP contribution in [0.3, 0.4) is 0 Å². The number of β-amino-alcohol motifs (C(OH)–C–C–N with tert-alkyl or cyclic N) is 1. The number of nitro benzene ring substituents is 1. The fraction of sp³-hybridized carbons (Fsp3) is 0.364. The van der Waals surface area contributed by atoms with Gasteiger partial charge in [-0.3, -0.25) is 15.5 Å². The summed E-state index contributed by atoms with van der Waals surface area (Å²) in [5.41, 5.74) is 0.478. The van der Waals surface area contributed by atoms with Crippen molar-refractivity contribution < 1.29 is 10.0 Å². The van der Waals surface area contributed by atoms with E-state index in [2.05, 4.69) is 0 Å². The lowest BCUT2D eigenvalue weighted by molar-refractivity contribution is -0.385. The van der Waals surface area contributed by atoms with Crippen molar-refractivity contribution >= 4 is 22.6 Å². The first-order valence-corrected chi connectivity index (χ1v) is 6.45. The molecule has 1 unspecified atom stereocenters. The first-order chi connectivity index (χ1) is 8.58. The Kier molecular flexibility index (Phi) is 3.83. The van der Waals surface area contributed by atoms with E-state index in [1.165, 1.54) is 23.9 Å². The molecule has 2 rings (SSSR count).